The van der Waals surface area contributed by atoms with E-state index in [0.29, 0.717) is 13.1 Å². The molecule has 0 aliphatic heterocycles. The number of aromatic nitrogens is 3. The first-order valence-corrected chi connectivity index (χ1v) is 10.4. The lowest BCUT2D eigenvalue weighted by Gasteiger charge is -2.21. The summed E-state index contributed by atoms with van der Waals surface area (Å²) in [6, 6.07) is 15.7. The summed E-state index contributed by atoms with van der Waals surface area (Å²) >= 11 is 0. The number of hydrogen-bond acceptors (Lipinski definition) is 4. The predicted molar refractivity (Wildman–Crippen MR) is 128 cm³/mol. The van der Waals surface area contributed by atoms with Crippen molar-refractivity contribution in [3.05, 3.63) is 83.9 Å². The third-order valence-electron chi connectivity index (χ3n) is 5.39. The van der Waals surface area contributed by atoms with Crippen molar-refractivity contribution in [2.45, 2.75) is 26.8 Å². The number of imidazole rings is 1. The minimum atomic E-state index is 0. The number of hydrogen-bond donors (Lipinski definition) is 0. The van der Waals surface area contributed by atoms with E-state index in [1.807, 2.05) is 77.9 Å². The molecule has 3 aromatic heterocycles. The Kier molecular flexibility index (Phi) is 7.49. The van der Waals surface area contributed by atoms with Crippen LogP contribution in [0.25, 0.3) is 16.9 Å². The summed E-state index contributed by atoms with van der Waals surface area (Å²) in [5.41, 5.74) is 5.64. The highest BCUT2D eigenvalue weighted by Crippen LogP contribution is 2.27. The molecule has 6 nitrogen and oxygen atoms in total. The van der Waals surface area contributed by atoms with E-state index < -0.39 is 0 Å². The Morgan fingerprint density at radius 2 is 1.94 bits per heavy atom. The average molecular weight is 451 g/mol. The predicted octanol–water partition coefficient (Wildman–Crippen LogP) is 4.73. The molecule has 32 heavy (non-hydrogen) atoms. The highest BCUT2D eigenvalue weighted by molar-refractivity contribution is 5.85. The molecule has 7 heteroatoms. The van der Waals surface area contributed by atoms with Gasteiger partial charge in [0.2, 0.25) is 5.91 Å². The van der Waals surface area contributed by atoms with Crippen molar-refractivity contribution in [2.75, 3.05) is 13.7 Å². The molecule has 4 rings (SSSR count). The first kappa shape index (κ1) is 23.3. The smallest absolute Gasteiger partial charge is 0.228 e. The number of benzene rings is 1. The van der Waals surface area contributed by atoms with Gasteiger partial charge in [-0.15, -0.1) is 12.4 Å². The zero-order valence-electron chi connectivity index (χ0n) is 18.5. The zero-order chi connectivity index (χ0) is 21.8. The summed E-state index contributed by atoms with van der Waals surface area (Å²) in [5, 5.41) is 0. The van der Waals surface area contributed by atoms with Crippen molar-refractivity contribution in [2.24, 2.45) is 0 Å². The second-order valence-corrected chi connectivity index (χ2v) is 7.51. The molecular weight excluding hydrogens is 424 g/mol. The molecule has 0 radical (unpaired) electrons. The van der Waals surface area contributed by atoms with Crippen LogP contribution < -0.4 is 4.74 Å². The fourth-order valence-electron chi connectivity index (χ4n) is 3.69. The number of fused-ring (bicyclic) bond motifs is 1. The SMILES string of the molecule is CCN(Cc1cccnc1)C(=O)Cc1c(-c2ccc(OC)cc2)nc2cc(C)ccn12.Cl. The van der Waals surface area contributed by atoms with E-state index in [1.54, 1.807) is 19.5 Å². The summed E-state index contributed by atoms with van der Waals surface area (Å²) in [4.78, 5) is 24.2. The molecule has 0 bridgehead atoms. The fraction of sp³-hybridized carbons (Fsp3) is 0.240. The minimum absolute atomic E-state index is 0. The van der Waals surface area contributed by atoms with Crippen LogP contribution in [0.15, 0.2) is 67.1 Å². The molecule has 0 unspecified atom stereocenters. The van der Waals surface area contributed by atoms with E-state index in [0.717, 1.165) is 39.5 Å². The van der Waals surface area contributed by atoms with E-state index in [1.165, 1.54) is 0 Å². The Morgan fingerprint density at radius 3 is 2.59 bits per heavy atom. The van der Waals surface area contributed by atoms with Crippen molar-refractivity contribution in [3.8, 4) is 17.0 Å². The maximum absolute atomic E-state index is 13.3. The lowest BCUT2D eigenvalue weighted by atomic mass is 10.1. The molecule has 3 heterocycles. The molecule has 0 aliphatic carbocycles. The van der Waals surface area contributed by atoms with Crippen LogP contribution in [0.5, 0.6) is 5.75 Å². The van der Waals surface area contributed by atoms with Gasteiger partial charge in [-0.05, 0) is 67.4 Å². The molecular formula is C25H27ClN4O2. The second kappa shape index (κ2) is 10.3. The lowest BCUT2D eigenvalue weighted by Crippen LogP contribution is -2.32. The van der Waals surface area contributed by atoms with E-state index in [9.17, 15) is 4.79 Å². The summed E-state index contributed by atoms with van der Waals surface area (Å²) in [6.45, 7) is 5.20. The van der Waals surface area contributed by atoms with Crippen LogP contribution in [0.2, 0.25) is 0 Å². The van der Waals surface area contributed by atoms with Crippen LogP contribution in [0.1, 0.15) is 23.7 Å². The number of ether oxygens (including phenoxy) is 1. The van der Waals surface area contributed by atoms with Gasteiger partial charge in [-0.3, -0.25) is 9.78 Å². The maximum Gasteiger partial charge on any atom is 0.228 e. The number of carbonyl (C=O) groups is 1. The Hall–Kier alpha value is -3.38. The van der Waals surface area contributed by atoms with Crippen LogP contribution in [-0.2, 0) is 17.8 Å². The maximum atomic E-state index is 13.3. The van der Waals surface area contributed by atoms with Crippen LogP contribution in [-0.4, -0.2) is 38.8 Å². The number of amides is 1. The Morgan fingerprint density at radius 1 is 1.16 bits per heavy atom. The fourth-order valence-corrected chi connectivity index (χ4v) is 3.69. The van der Waals surface area contributed by atoms with E-state index in [2.05, 4.69) is 4.98 Å². The standard InChI is InChI=1S/C25H26N4O2.ClH/c1-4-28(17-19-6-5-12-26-16-19)24(30)15-22-25(20-7-9-21(31-3)10-8-20)27-23-14-18(2)11-13-29(22)23;/h5-14,16H,4,15,17H2,1-3H3;1H. The van der Waals surface area contributed by atoms with Crippen LogP contribution in [0.3, 0.4) is 0 Å². The molecule has 1 amide bonds. The Labute approximate surface area is 194 Å². The zero-order valence-corrected chi connectivity index (χ0v) is 19.3. The molecule has 1 aromatic carbocycles. The number of halogens is 1. The van der Waals surface area contributed by atoms with Gasteiger partial charge >= 0.3 is 0 Å². The molecule has 0 saturated heterocycles. The first-order chi connectivity index (χ1) is 15.1. The van der Waals surface area contributed by atoms with Gasteiger partial charge in [-0.25, -0.2) is 4.98 Å². The molecule has 0 aliphatic rings. The van der Waals surface area contributed by atoms with Crippen molar-refractivity contribution < 1.29 is 9.53 Å². The number of pyridine rings is 2. The molecule has 0 fully saturated rings. The number of rotatable bonds is 7. The summed E-state index contributed by atoms with van der Waals surface area (Å²) in [7, 11) is 1.65. The quantitative estimate of drug-likeness (QED) is 0.408. The summed E-state index contributed by atoms with van der Waals surface area (Å²) in [6.07, 6.45) is 5.79. The second-order valence-electron chi connectivity index (χ2n) is 7.51. The topological polar surface area (TPSA) is 59.7 Å². The van der Waals surface area contributed by atoms with Gasteiger partial charge in [0.1, 0.15) is 11.4 Å². The first-order valence-electron chi connectivity index (χ1n) is 10.4. The number of likely N-dealkylation sites (N-methyl/N-ethyl adjacent to an activating group) is 1. The van der Waals surface area contributed by atoms with Gasteiger partial charge in [0.25, 0.3) is 0 Å². The van der Waals surface area contributed by atoms with Crippen molar-refractivity contribution >= 4 is 24.0 Å². The average Bonchev–Trinajstić information content (AvgIpc) is 3.15. The van der Waals surface area contributed by atoms with Crippen molar-refractivity contribution in [1.29, 1.82) is 0 Å². The largest absolute Gasteiger partial charge is 0.497 e. The monoisotopic (exact) mass is 450 g/mol. The summed E-state index contributed by atoms with van der Waals surface area (Å²) in [5.74, 6) is 0.845. The highest BCUT2D eigenvalue weighted by atomic mass is 35.5. The Balaban J connectivity index is 0.00000289. The number of aryl methyl sites for hydroxylation is 1. The minimum Gasteiger partial charge on any atom is -0.497 e. The van der Waals surface area contributed by atoms with Gasteiger partial charge < -0.3 is 14.0 Å². The van der Waals surface area contributed by atoms with Crippen LogP contribution in [0.4, 0.5) is 0 Å². The van der Waals surface area contributed by atoms with Crippen LogP contribution >= 0.6 is 12.4 Å². The van der Waals surface area contributed by atoms with E-state index in [4.69, 9.17) is 9.72 Å². The van der Waals surface area contributed by atoms with E-state index in [-0.39, 0.29) is 24.7 Å². The molecule has 0 saturated carbocycles. The van der Waals surface area contributed by atoms with Crippen LogP contribution in [0, 0.1) is 6.92 Å². The van der Waals surface area contributed by atoms with Crippen molar-refractivity contribution in [3.63, 3.8) is 0 Å². The number of nitrogens with zero attached hydrogens (tertiary/aromatic N) is 4. The lowest BCUT2D eigenvalue weighted by molar-refractivity contribution is -0.130. The molecule has 166 valence electrons. The van der Waals surface area contributed by atoms with Gasteiger partial charge in [0, 0.05) is 37.2 Å². The molecule has 0 atom stereocenters. The van der Waals surface area contributed by atoms with Crippen molar-refractivity contribution in [1.82, 2.24) is 19.3 Å². The normalized spacial score (nSPS) is 10.6. The third kappa shape index (κ3) is 4.92. The molecule has 0 spiro atoms. The molecule has 0 N–H and O–H groups in total. The Bertz CT molecular complexity index is 1190. The summed E-state index contributed by atoms with van der Waals surface area (Å²) < 4.78 is 7.30. The third-order valence-corrected chi connectivity index (χ3v) is 5.39. The highest BCUT2D eigenvalue weighted by Gasteiger charge is 2.20. The molecule has 4 aromatic rings. The number of methoxy groups -OCH3 is 1. The van der Waals surface area contributed by atoms with Gasteiger partial charge in [0.15, 0.2) is 0 Å². The van der Waals surface area contributed by atoms with Gasteiger partial charge in [-0.1, -0.05) is 6.07 Å². The number of carbonyl (C=O) groups excluding carboxylic acids is 1. The van der Waals surface area contributed by atoms with Gasteiger partial charge in [-0.2, -0.15) is 0 Å². The van der Waals surface area contributed by atoms with Gasteiger partial charge in [0.05, 0.1) is 24.9 Å². The van der Waals surface area contributed by atoms with E-state index >= 15 is 0 Å².